The number of halogens is 1. The first kappa shape index (κ1) is 12.4. The van der Waals surface area contributed by atoms with E-state index in [1.807, 2.05) is 25.1 Å². The van der Waals surface area contributed by atoms with Crippen LogP contribution in [-0.4, -0.2) is 19.5 Å². The third-order valence-electron chi connectivity index (χ3n) is 2.25. The number of hydrogen-bond acceptors (Lipinski definition) is 2. The van der Waals surface area contributed by atoms with Crippen LogP contribution in [0.15, 0.2) is 22.7 Å². The molecule has 0 fully saturated rings. The van der Waals surface area contributed by atoms with E-state index in [9.17, 15) is 4.79 Å². The van der Waals surface area contributed by atoms with Crippen LogP contribution in [0, 0.1) is 6.92 Å². The van der Waals surface area contributed by atoms with E-state index in [0.29, 0.717) is 13.0 Å². The second-order valence-electron chi connectivity index (χ2n) is 3.48. The number of carbonyl (C=O) groups is 1. The lowest BCUT2D eigenvalue weighted by Gasteiger charge is -2.03. The van der Waals surface area contributed by atoms with Gasteiger partial charge in [-0.3, -0.25) is 4.79 Å². The standard InChI is InChI=1S/C12H15BrO2/c1-9-5-6-10(8-11(9)13)12(14)4-3-7-15-2/h5-6,8H,3-4,7H2,1-2H3. The van der Waals surface area contributed by atoms with E-state index in [-0.39, 0.29) is 5.78 Å². The van der Waals surface area contributed by atoms with E-state index in [1.165, 1.54) is 0 Å². The van der Waals surface area contributed by atoms with E-state index >= 15 is 0 Å². The molecule has 0 unspecified atom stereocenters. The second-order valence-corrected chi connectivity index (χ2v) is 4.34. The summed E-state index contributed by atoms with van der Waals surface area (Å²) in [7, 11) is 1.65. The summed E-state index contributed by atoms with van der Waals surface area (Å²) in [6.45, 7) is 2.64. The summed E-state index contributed by atoms with van der Waals surface area (Å²) in [5.74, 6) is 0.174. The lowest BCUT2D eigenvalue weighted by Crippen LogP contribution is -2.01. The molecule has 1 rings (SSSR count). The van der Waals surface area contributed by atoms with Gasteiger partial charge in [0, 0.05) is 30.2 Å². The summed E-state index contributed by atoms with van der Waals surface area (Å²) in [5, 5.41) is 0. The average molecular weight is 271 g/mol. The third kappa shape index (κ3) is 3.76. The van der Waals surface area contributed by atoms with Crippen molar-refractivity contribution in [3.05, 3.63) is 33.8 Å². The molecule has 0 amide bonds. The molecular weight excluding hydrogens is 256 g/mol. The maximum absolute atomic E-state index is 11.7. The number of rotatable bonds is 5. The van der Waals surface area contributed by atoms with E-state index in [1.54, 1.807) is 7.11 Å². The summed E-state index contributed by atoms with van der Waals surface area (Å²) in [5.41, 5.74) is 1.91. The molecule has 15 heavy (non-hydrogen) atoms. The van der Waals surface area contributed by atoms with Crippen LogP contribution in [0.25, 0.3) is 0 Å². The Morgan fingerprint density at radius 1 is 1.47 bits per heavy atom. The molecule has 1 aromatic carbocycles. The third-order valence-corrected chi connectivity index (χ3v) is 3.10. The zero-order valence-corrected chi connectivity index (χ0v) is 10.6. The van der Waals surface area contributed by atoms with E-state index in [2.05, 4.69) is 15.9 Å². The Labute approximate surface area is 98.8 Å². The molecule has 2 nitrogen and oxygen atoms in total. The highest BCUT2D eigenvalue weighted by molar-refractivity contribution is 9.10. The van der Waals surface area contributed by atoms with Gasteiger partial charge in [-0.2, -0.15) is 0 Å². The number of Topliss-reactive ketones (excluding diaryl/α,β-unsaturated/α-hetero) is 1. The summed E-state index contributed by atoms with van der Waals surface area (Å²) >= 11 is 3.42. The van der Waals surface area contributed by atoms with Crippen LogP contribution in [0.1, 0.15) is 28.8 Å². The summed E-state index contributed by atoms with van der Waals surface area (Å²) in [6, 6.07) is 5.70. The molecule has 0 saturated carbocycles. The number of ketones is 1. The topological polar surface area (TPSA) is 26.3 Å². The van der Waals surface area contributed by atoms with Gasteiger partial charge < -0.3 is 4.74 Å². The molecule has 0 N–H and O–H groups in total. The van der Waals surface area contributed by atoms with Crippen LogP contribution >= 0.6 is 15.9 Å². The summed E-state index contributed by atoms with van der Waals surface area (Å²) in [6.07, 6.45) is 1.32. The number of hydrogen-bond donors (Lipinski definition) is 0. The van der Waals surface area contributed by atoms with Gasteiger partial charge in [0.15, 0.2) is 5.78 Å². The number of carbonyl (C=O) groups excluding carboxylic acids is 1. The van der Waals surface area contributed by atoms with Crippen LogP contribution in [0.4, 0.5) is 0 Å². The van der Waals surface area contributed by atoms with E-state index < -0.39 is 0 Å². The highest BCUT2D eigenvalue weighted by Gasteiger charge is 2.06. The Morgan fingerprint density at radius 2 is 2.20 bits per heavy atom. The fourth-order valence-corrected chi connectivity index (χ4v) is 1.67. The predicted octanol–water partition coefficient (Wildman–Crippen LogP) is 3.37. The van der Waals surface area contributed by atoms with Gasteiger partial charge in [-0.1, -0.05) is 28.1 Å². The van der Waals surface area contributed by atoms with Crippen LogP contribution in [0.2, 0.25) is 0 Å². The minimum Gasteiger partial charge on any atom is -0.385 e. The minimum atomic E-state index is 0.174. The van der Waals surface area contributed by atoms with Gasteiger partial charge >= 0.3 is 0 Å². The van der Waals surface area contributed by atoms with Gasteiger partial charge in [0.2, 0.25) is 0 Å². The van der Waals surface area contributed by atoms with E-state index in [0.717, 1.165) is 22.0 Å². The number of ether oxygens (including phenoxy) is 1. The Morgan fingerprint density at radius 3 is 2.80 bits per heavy atom. The SMILES string of the molecule is COCCCC(=O)c1ccc(C)c(Br)c1. The maximum Gasteiger partial charge on any atom is 0.163 e. The average Bonchev–Trinajstić information content (AvgIpc) is 2.22. The zero-order valence-electron chi connectivity index (χ0n) is 9.05. The van der Waals surface area contributed by atoms with Gasteiger partial charge in [-0.25, -0.2) is 0 Å². The van der Waals surface area contributed by atoms with Crippen molar-refractivity contribution in [2.75, 3.05) is 13.7 Å². The molecule has 3 heteroatoms. The molecule has 0 aliphatic heterocycles. The molecule has 0 heterocycles. The predicted molar refractivity (Wildman–Crippen MR) is 64.3 cm³/mol. The number of aryl methyl sites for hydroxylation is 1. The fourth-order valence-electron chi connectivity index (χ4n) is 1.29. The van der Waals surface area contributed by atoms with Gasteiger partial charge in [-0.05, 0) is 25.0 Å². The van der Waals surface area contributed by atoms with E-state index in [4.69, 9.17) is 4.74 Å². The molecule has 0 radical (unpaired) electrons. The van der Waals surface area contributed by atoms with Crippen molar-refractivity contribution in [3.63, 3.8) is 0 Å². The Bertz CT molecular complexity index is 347. The van der Waals surface area contributed by atoms with Crippen LogP contribution in [-0.2, 0) is 4.74 Å². The molecule has 82 valence electrons. The van der Waals surface area contributed by atoms with Crippen LogP contribution in [0.3, 0.4) is 0 Å². The maximum atomic E-state index is 11.7. The van der Waals surface area contributed by atoms with Crippen molar-refractivity contribution < 1.29 is 9.53 Å². The van der Waals surface area contributed by atoms with Crippen molar-refractivity contribution in [1.29, 1.82) is 0 Å². The minimum absolute atomic E-state index is 0.174. The fraction of sp³-hybridized carbons (Fsp3) is 0.417. The van der Waals surface area contributed by atoms with Gasteiger partial charge in [0.1, 0.15) is 0 Å². The van der Waals surface area contributed by atoms with Crippen molar-refractivity contribution in [2.24, 2.45) is 0 Å². The smallest absolute Gasteiger partial charge is 0.163 e. The molecule has 0 aliphatic rings. The first-order chi connectivity index (χ1) is 7.15. The normalized spacial score (nSPS) is 10.3. The monoisotopic (exact) mass is 270 g/mol. The summed E-state index contributed by atoms with van der Waals surface area (Å²) < 4.78 is 5.90. The van der Waals surface area contributed by atoms with Crippen LogP contribution < -0.4 is 0 Å². The molecule has 0 aromatic heterocycles. The Kier molecular flexibility index (Phi) is 4.99. The molecule has 0 saturated heterocycles. The molecule has 1 aromatic rings. The van der Waals surface area contributed by atoms with Gasteiger partial charge in [-0.15, -0.1) is 0 Å². The number of methoxy groups -OCH3 is 1. The highest BCUT2D eigenvalue weighted by Crippen LogP contribution is 2.18. The molecule has 0 bridgehead atoms. The van der Waals surface area contributed by atoms with Crippen LogP contribution in [0.5, 0.6) is 0 Å². The largest absolute Gasteiger partial charge is 0.385 e. The molecule has 0 atom stereocenters. The van der Waals surface area contributed by atoms with Gasteiger partial charge in [0.05, 0.1) is 0 Å². The lowest BCUT2D eigenvalue weighted by atomic mass is 10.1. The lowest BCUT2D eigenvalue weighted by molar-refractivity contribution is 0.0963. The van der Waals surface area contributed by atoms with Crippen molar-refractivity contribution in [1.82, 2.24) is 0 Å². The summed E-state index contributed by atoms with van der Waals surface area (Å²) in [4.78, 5) is 11.7. The molecule has 0 aliphatic carbocycles. The first-order valence-electron chi connectivity index (χ1n) is 4.93. The quantitative estimate of drug-likeness (QED) is 0.606. The zero-order chi connectivity index (χ0) is 11.3. The highest BCUT2D eigenvalue weighted by atomic mass is 79.9. The Hall–Kier alpha value is -0.670. The van der Waals surface area contributed by atoms with Crippen molar-refractivity contribution >= 4 is 21.7 Å². The molecule has 0 spiro atoms. The number of benzene rings is 1. The second kappa shape index (κ2) is 6.03. The van der Waals surface area contributed by atoms with Gasteiger partial charge in [0.25, 0.3) is 0 Å². The van der Waals surface area contributed by atoms with Crippen molar-refractivity contribution in [2.45, 2.75) is 19.8 Å². The Balaban J connectivity index is 2.62. The van der Waals surface area contributed by atoms with Crippen molar-refractivity contribution in [3.8, 4) is 0 Å². The first-order valence-corrected chi connectivity index (χ1v) is 5.72. The molecular formula is C12H15BrO2.